The van der Waals surface area contributed by atoms with Crippen LogP contribution in [0.2, 0.25) is 0 Å². The highest BCUT2D eigenvalue weighted by atomic mass is 19.4. The summed E-state index contributed by atoms with van der Waals surface area (Å²) in [4.78, 5) is 9.14. The molecule has 0 aliphatic heterocycles. The summed E-state index contributed by atoms with van der Waals surface area (Å²) in [6.07, 6.45) is -5.06. The number of benzene rings is 1. The number of hydrogen-bond acceptors (Lipinski definition) is 3. The van der Waals surface area contributed by atoms with Crippen LogP contribution < -0.4 is 5.73 Å². The molecule has 0 saturated heterocycles. The van der Waals surface area contributed by atoms with Crippen LogP contribution >= 0.6 is 0 Å². The van der Waals surface area contributed by atoms with Gasteiger partial charge in [-0.15, -0.1) is 0 Å². The number of halogens is 4. The Balaban J connectivity index is 3.51. The molecular formula is C7H4F4N2O2. The molecule has 0 spiro atoms. The fourth-order valence-corrected chi connectivity index (χ4v) is 1.03. The number of hydrogen-bond donors (Lipinski definition) is 1. The van der Waals surface area contributed by atoms with Gasteiger partial charge in [0.2, 0.25) is 0 Å². The Kier molecular flexibility index (Phi) is 2.52. The standard InChI is InChI=1S/C7H4F4N2O2/c8-3-1-2-4(13(14)15)6(12)5(3)7(9,10)11/h1-2H,12H2. The Morgan fingerprint density at radius 3 is 2.27 bits per heavy atom. The molecule has 1 aromatic rings. The fraction of sp³-hybridized carbons (Fsp3) is 0.143. The van der Waals surface area contributed by atoms with Crippen LogP contribution in [0.25, 0.3) is 0 Å². The van der Waals surface area contributed by atoms with Crippen LogP contribution in [0, 0.1) is 15.9 Å². The minimum absolute atomic E-state index is 0.358. The van der Waals surface area contributed by atoms with Gasteiger partial charge in [-0.05, 0) is 6.07 Å². The van der Waals surface area contributed by atoms with Gasteiger partial charge in [0, 0.05) is 6.07 Å². The van der Waals surface area contributed by atoms with E-state index >= 15 is 0 Å². The van der Waals surface area contributed by atoms with Gasteiger partial charge in [-0.3, -0.25) is 10.1 Å². The van der Waals surface area contributed by atoms with Crippen LogP contribution in [0.3, 0.4) is 0 Å². The molecule has 0 aliphatic carbocycles. The third kappa shape index (κ3) is 1.97. The minimum atomic E-state index is -5.06. The molecule has 2 N–H and O–H groups in total. The quantitative estimate of drug-likeness (QED) is 0.344. The van der Waals surface area contributed by atoms with Gasteiger partial charge >= 0.3 is 6.18 Å². The number of alkyl halides is 3. The first kappa shape index (κ1) is 11.2. The SMILES string of the molecule is Nc1c([N+](=O)[O-])ccc(F)c1C(F)(F)F. The summed E-state index contributed by atoms with van der Waals surface area (Å²) in [5, 5.41) is 10.2. The second-order valence-electron chi connectivity index (χ2n) is 2.61. The molecule has 1 rings (SSSR count). The Hall–Kier alpha value is -1.86. The van der Waals surface area contributed by atoms with E-state index in [1.165, 1.54) is 0 Å². The zero-order valence-corrected chi connectivity index (χ0v) is 7.01. The van der Waals surface area contributed by atoms with Crippen molar-refractivity contribution in [3.8, 4) is 0 Å². The zero-order valence-electron chi connectivity index (χ0n) is 7.01. The van der Waals surface area contributed by atoms with Gasteiger partial charge in [0.15, 0.2) is 0 Å². The topological polar surface area (TPSA) is 69.2 Å². The van der Waals surface area contributed by atoms with Gasteiger partial charge < -0.3 is 5.73 Å². The van der Waals surface area contributed by atoms with E-state index in [4.69, 9.17) is 5.73 Å². The summed E-state index contributed by atoms with van der Waals surface area (Å²) in [5.41, 5.74) is 0.877. The number of nitrogen functional groups attached to an aromatic ring is 1. The van der Waals surface area contributed by atoms with E-state index in [1.807, 2.05) is 0 Å². The van der Waals surface area contributed by atoms with E-state index in [0.29, 0.717) is 12.1 Å². The van der Waals surface area contributed by atoms with Crippen molar-refractivity contribution in [3.63, 3.8) is 0 Å². The average molecular weight is 224 g/mol. The largest absolute Gasteiger partial charge is 0.421 e. The molecule has 0 heterocycles. The average Bonchev–Trinajstić information content (AvgIpc) is 2.00. The van der Waals surface area contributed by atoms with Crippen molar-refractivity contribution in [1.82, 2.24) is 0 Å². The summed E-state index contributed by atoms with van der Waals surface area (Å²) in [5.74, 6) is -1.63. The molecule has 1 aromatic carbocycles. The van der Waals surface area contributed by atoms with Crippen LogP contribution in [0.15, 0.2) is 12.1 Å². The van der Waals surface area contributed by atoms with Crippen LogP contribution in [-0.2, 0) is 6.18 Å². The van der Waals surface area contributed by atoms with E-state index < -0.39 is 33.9 Å². The minimum Gasteiger partial charge on any atom is -0.393 e. The molecule has 0 saturated carbocycles. The zero-order chi connectivity index (χ0) is 11.8. The molecule has 0 aliphatic rings. The van der Waals surface area contributed by atoms with Crippen molar-refractivity contribution >= 4 is 11.4 Å². The van der Waals surface area contributed by atoms with Crippen LogP contribution in [0.5, 0.6) is 0 Å². The number of anilines is 1. The predicted molar refractivity (Wildman–Crippen MR) is 42.5 cm³/mol. The molecule has 0 aromatic heterocycles. The van der Waals surface area contributed by atoms with Crippen molar-refractivity contribution in [1.29, 1.82) is 0 Å². The van der Waals surface area contributed by atoms with E-state index in [-0.39, 0.29) is 0 Å². The molecule has 4 nitrogen and oxygen atoms in total. The number of nitro benzene ring substituents is 1. The summed E-state index contributed by atoms with van der Waals surface area (Å²) in [6, 6.07) is 0.942. The Morgan fingerprint density at radius 2 is 1.87 bits per heavy atom. The van der Waals surface area contributed by atoms with Crippen molar-refractivity contribution in [3.05, 3.63) is 33.6 Å². The van der Waals surface area contributed by atoms with Crippen molar-refractivity contribution < 1.29 is 22.5 Å². The lowest BCUT2D eigenvalue weighted by Crippen LogP contribution is -2.13. The summed E-state index contributed by atoms with van der Waals surface area (Å²) < 4.78 is 49.4. The van der Waals surface area contributed by atoms with E-state index in [9.17, 15) is 27.7 Å². The van der Waals surface area contributed by atoms with Crippen molar-refractivity contribution in [2.75, 3.05) is 5.73 Å². The molecule has 15 heavy (non-hydrogen) atoms. The lowest BCUT2D eigenvalue weighted by atomic mass is 10.1. The summed E-state index contributed by atoms with van der Waals surface area (Å²) in [6.45, 7) is 0. The van der Waals surface area contributed by atoms with Crippen molar-refractivity contribution in [2.24, 2.45) is 0 Å². The lowest BCUT2D eigenvalue weighted by Gasteiger charge is -2.10. The monoisotopic (exact) mass is 224 g/mol. The molecule has 0 amide bonds. The number of rotatable bonds is 1. The van der Waals surface area contributed by atoms with Crippen LogP contribution in [0.4, 0.5) is 28.9 Å². The maximum absolute atomic E-state index is 12.8. The van der Waals surface area contributed by atoms with E-state index in [1.54, 1.807) is 0 Å². The van der Waals surface area contributed by atoms with Gasteiger partial charge in [-0.25, -0.2) is 4.39 Å². The van der Waals surface area contributed by atoms with Gasteiger partial charge in [-0.2, -0.15) is 13.2 Å². The first-order valence-corrected chi connectivity index (χ1v) is 3.54. The van der Waals surface area contributed by atoms with E-state index in [0.717, 1.165) is 0 Å². The van der Waals surface area contributed by atoms with Gasteiger partial charge in [0.1, 0.15) is 17.1 Å². The van der Waals surface area contributed by atoms with Gasteiger partial charge in [-0.1, -0.05) is 0 Å². The Bertz CT molecular complexity index is 416. The summed E-state index contributed by atoms with van der Waals surface area (Å²) in [7, 11) is 0. The molecule has 0 fully saturated rings. The van der Waals surface area contributed by atoms with Crippen LogP contribution in [-0.4, -0.2) is 4.92 Å². The second kappa shape index (κ2) is 3.37. The van der Waals surface area contributed by atoms with Gasteiger partial charge in [0.25, 0.3) is 5.69 Å². The second-order valence-corrected chi connectivity index (χ2v) is 2.61. The highest BCUT2D eigenvalue weighted by Crippen LogP contribution is 2.39. The number of nitrogens with zero attached hydrogens (tertiary/aromatic N) is 1. The summed E-state index contributed by atoms with van der Waals surface area (Å²) >= 11 is 0. The third-order valence-corrected chi connectivity index (χ3v) is 1.65. The third-order valence-electron chi connectivity index (χ3n) is 1.65. The Labute approximate surface area is 80.5 Å². The molecular weight excluding hydrogens is 220 g/mol. The molecule has 0 radical (unpaired) electrons. The van der Waals surface area contributed by atoms with E-state index in [2.05, 4.69) is 0 Å². The molecule has 0 bridgehead atoms. The first-order valence-electron chi connectivity index (χ1n) is 3.54. The maximum atomic E-state index is 12.8. The van der Waals surface area contributed by atoms with Gasteiger partial charge in [0.05, 0.1) is 4.92 Å². The van der Waals surface area contributed by atoms with Crippen molar-refractivity contribution in [2.45, 2.75) is 6.18 Å². The molecule has 82 valence electrons. The smallest absolute Gasteiger partial charge is 0.393 e. The Morgan fingerprint density at radius 1 is 1.33 bits per heavy atom. The number of nitrogens with two attached hydrogens (primary N) is 1. The molecule has 0 unspecified atom stereocenters. The number of nitro groups is 1. The predicted octanol–water partition coefficient (Wildman–Crippen LogP) is 2.33. The molecule has 0 atom stereocenters. The fourth-order valence-electron chi connectivity index (χ4n) is 1.03. The molecule has 8 heteroatoms. The maximum Gasteiger partial charge on any atom is 0.421 e. The first-order chi connectivity index (χ1) is 6.75. The lowest BCUT2D eigenvalue weighted by molar-refractivity contribution is -0.384. The van der Waals surface area contributed by atoms with Crippen LogP contribution in [0.1, 0.15) is 5.56 Å². The highest BCUT2D eigenvalue weighted by molar-refractivity contribution is 5.64. The normalized spacial score (nSPS) is 11.5. The highest BCUT2D eigenvalue weighted by Gasteiger charge is 2.39.